The maximum absolute atomic E-state index is 13.5. The molecule has 8 nitrogen and oxygen atoms in total. The molecule has 3 amide bonds. The summed E-state index contributed by atoms with van der Waals surface area (Å²) < 4.78 is 5.39. The van der Waals surface area contributed by atoms with Gasteiger partial charge >= 0.3 is 6.09 Å². The van der Waals surface area contributed by atoms with Gasteiger partial charge in [-0.2, -0.15) is 0 Å². The van der Waals surface area contributed by atoms with Gasteiger partial charge in [0, 0.05) is 6.42 Å². The van der Waals surface area contributed by atoms with Crippen molar-refractivity contribution in [1.82, 2.24) is 16.0 Å². The van der Waals surface area contributed by atoms with Crippen LogP contribution in [0.4, 0.5) is 4.79 Å². The molecule has 8 heteroatoms. The number of alkyl carbamates (subject to hydrolysis) is 1. The topological polar surface area (TPSA) is 117 Å². The number of carbonyl (C=O) groups is 3. The van der Waals surface area contributed by atoms with Crippen LogP contribution in [-0.2, 0) is 20.7 Å². The number of aliphatic hydroxyl groups excluding tert-OH is 1. The Morgan fingerprint density at radius 3 is 2.08 bits per heavy atom. The van der Waals surface area contributed by atoms with E-state index in [0.717, 1.165) is 24.8 Å². The van der Waals surface area contributed by atoms with Crippen LogP contribution in [-0.4, -0.2) is 52.8 Å². The van der Waals surface area contributed by atoms with E-state index >= 15 is 0 Å². The molecule has 0 heterocycles. The van der Waals surface area contributed by atoms with E-state index < -0.39 is 35.8 Å². The Bertz CT molecular complexity index is 876. The fourth-order valence-electron chi connectivity index (χ4n) is 4.93. The number of nitrogens with one attached hydrogen (secondary N) is 3. The molecule has 4 atom stereocenters. The van der Waals surface area contributed by atoms with E-state index in [9.17, 15) is 19.5 Å². The van der Waals surface area contributed by atoms with Crippen molar-refractivity contribution < 1.29 is 24.2 Å². The van der Waals surface area contributed by atoms with Gasteiger partial charge in [-0.3, -0.25) is 9.59 Å². The zero-order valence-corrected chi connectivity index (χ0v) is 24.1. The summed E-state index contributed by atoms with van der Waals surface area (Å²) in [6.45, 7) is 10.9. The molecule has 0 spiro atoms. The summed E-state index contributed by atoms with van der Waals surface area (Å²) in [4.78, 5) is 39.4. The fraction of sp³-hybridized carbons (Fsp3) is 0.700. The lowest BCUT2D eigenvalue weighted by Gasteiger charge is -2.31. The highest BCUT2D eigenvalue weighted by Gasteiger charge is 2.31. The number of aliphatic hydroxyl groups is 1. The van der Waals surface area contributed by atoms with E-state index in [2.05, 4.69) is 16.0 Å². The standard InChI is InChI=1S/C30H49N3O5/c1-20(2)17-25(27(35)31-24(21(3)34)18-22-13-9-7-10-14-22)32-28(36)26(19-23-15-11-8-12-16-23)33-29(37)38-30(4,5)6/h8,11-12,15-16,20-22,24-26,34H,7,9-10,13-14,17-19H2,1-6H3,(H,31,35)(H,32,36)(H,33,37)/t21?,24?,25-,26-/m0/s1. The minimum absolute atomic E-state index is 0.140. The van der Waals surface area contributed by atoms with Gasteiger partial charge in [0.15, 0.2) is 0 Å². The summed E-state index contributed by atoms with van der Waals surface area (Å²) in [6, 6.07) is 7.29. The molecule has 1 aromatic rings. The Hall–Kier alpha value is -2.61. The number of rotatable bonds is 12. The first-order chi connectivity index (χ1) is 17.8. The maximum Gasteiger partial charge on any atom is 0.408 e. The van der Waals surface area contributed by atoms with Gasteiger partial charge in [-0.05, 0) is 57.9 Å². The van der Waals surface area contributed by atoms with Crippen LogP contribution in [0.3, 0.4) is 0 Å². The summed E-state index contributed by atoms with van der Waals surface area (Å²) in [7, 11) is 0. The third-order valence-corrected chi connectivity index (χ3v) is 6.85. The molecule has 2 rings (SSSR count). The normalized spacial score (nSPS) is 17.7. The maximum atomic E-state index is 13.5. The minimum Gasteiger partial charge on any atom is -0.444 e. The van der Waals surface area contributed by atoms with Crippen LogP contribution in [0.25, 0.3) is 0 Å². The highest BCUT2D eigenvalue weighted by molar-refractivity contribution is 5.91. The fourth-order valence-corrected chi connectivity index (χ4v) is 4.93. The Labute approximate surface area is 228 Å². The van der Waals surface area contributed by atoms with Crippen LogP contribution < -0.4 is 16.0 Å². The van der Waals surface area contributed by atoms with Crippen LogP contribution >= 0.6 is 0 Å². The minimum atomic E-state index is -0.926. The third-order valence-electron chi connectivity index (χ3n) is 6.85. The first-order valence-corrected chi connectivity index (χ1v) is 14.2. The second kappa shape index (κ2) is 15.1. The van der Waals surface area contributed by atoms with Gasteiger partial charge in [-0.25, -0.2) is 4.79 Å². The van der Waals surface area contributed by atoms with Gasteiger partial charge in [-0.15, -0.1) is 0 Å². The van der Waals surface area contributed by atoms with Crippen molar-refractivity contribution in [2.75, 3.05) is 0 Å². The number of carbonyl (C=O) groups excluding carboxylic acids is 3. The zero-order chi connectivity index (χ0) is 28.3. The van der Waals surface area contributed by atoms with E-state index in [1.165, 1.54) is 19.3 Å². The first kappa shape index (κ1) is 31.6. The average Bonchev–Trinajstić information content (AvgIpc) is 2.82. The Morgan fingerprint density at radius 2 is 1.53 bits per heavy atom. The molecule has 0 aromatic heterocycles. The number of ether oxygens (including phenoxy) is 1. The summed E-state index contributed by atoms with van der Waals surface area (Å²) in [5, 5.41) is 19.0. The predicted molar refractivity (Wildman–Crippen MR) is 149 cm³/mol. The summed E-state index contributed by atoms with van der Waals surface area (Å²) in [5.74, 6) is -0.151. The van der Waals surface area contributed by atoms with E-state index in [-0.39, 0.29) is 24.3 Å². The van der Waals surface area contributed by atoms with Gasteiger partial charge < -0.3 is 25.8 Å². The van der Waals surface area contributed by atoms with Gasteiger partial charge in [-0.1, -0.05) is 76.3 Å². The van der Waals surface area contributed by atoms with Gasteiger partial charge in [0.2, 0.25) is 11.8 Å². The van der Waals surface area contributed by atoms with E-state index in [4.69, 9.17) is 4.74 Å². The van der Waals surface area contributed by atoms with Crippen molar-refractivity contribution in [2.24, 2.45) is 11.8 Å². The molecule has 1 aromatic carbocycles. The molecule has 38 heavy (non-hydrogen) atoms. The molecule has 0 bridgehead atoms. The predicted octanol–water partition coefficient (Wildman–Crippen LogP) is 4.49. The van der Waals surface area contributed by atoms with Crippen molar-refractivity contribution >= 4 is 17.9 Å². The van der Waals surface area contributed by atoms with E-state index in [1.807, 2.05) is 44.2 Å². The number of hydrogen-bond acceptors (Lipinski definition) is 5. The molecular weight excluding hydrogens is 482 g/mol. The molecular formula is C30H49N3O5. The van der Waals surface area contributed by atoms with Crippen molar-refractivity contribution in [3.63, 3.8) is 0 Å². The second-order valence-electron chi connectivity index (χ2n) is 12.2. The van der Waals surface area contributed by atoms with Crippen molar-refractivity contribution in [2.45, 2.75) is 123 Å². The van der Waals surface area contributed by atoms with E-state index in [0.29, 0.717) is 12.3 Å². The van der Waals surface area contributed by atoms with E-state index in [1.54, 1.807) is 27.7 Å². The molecule has 2 unspecified atom stereocenters. The van der Waals surface area contributed by atoms with Crippen LogP contribution in [0.15, 0.2) is 30.3 Å². The lowest BCUT2D eigenvalue weighted by Crippen LogP contribution is -2.57. The number of amides is 3. The highest BCUT2D eigenvalue weighted by Crippen LogP contribution is 2.28. The van der Waals surface area contributed by atoms with Gasteiger partial charge in [0.25, 0.3) is 0 Å². The third kappa shape index (κ3) is 11.8. The molecule has 0 saturated heterocycles. The molecule has 214 valence electrons. The van der Waals surface area contributed by atoms with Crippen LogP contribution in [0.1, 0.15) is 92.1 Å². The number of hydrogen-bond donors (Lipinski definition) is 4. The highest BCUT2D eigenvalue weighted by atomic mass is 16.6. The molecule has 1 fully saturated rings. The Morgan fingerprint density at radius 1 is 0.921 bits per heavy atom. The van der Waals surface area contributed by atoms with Crippen LogP contribution in [0.5, 0.6) is 0 Å². The second-order valence-corrected chi connectivity index (χ2v) is 12.2. The lowest BCUT2D eigenvalue weighted by atomic mass is 9.84. The Balaban J connectivity index is 2.15. The lowest BCUT2D eigenvalue weighted by molar-refractivity contribution is -0.131. The summed E-state index contributed by atoms with van der Waals surface area (Å²) >= 11 is 0. The molecule has 4 N–H and O–H groups in total. The van der Waals surface area contributed by atoms with Gasteiger partial charge in [0.1, 0.15) is 17.7 Å². The SMILES string of the molecule is CC(C)C[C@H](NC(=O)[C@H](Cc1ccccc1)NC(=O)OC(C)(C)C)C(=O)NC(CC1CCCCC1)C(C)O. The van der Waals surface area contributed by atoms with Crippen molar-refractivity contribution in [1.29, 1.82) is 0 Å². The quantitative estimate of drug-likeness (QED) is 0.317. The molecule has 0 aliphatic heterocycles. The molecule has 1 aliphatic carbocycles. The first-order valence-electron chi connectivity index (χ1n) is 14.2. The van der Waals surface area contributed by atoms with Crippen LogP contribution in [0.2, 0.25) is 0 Å². The zero-order valence-electron chi connectivity index (χ0n) is 24.1. The largest absolute Gasteiger partial charge is 0.444 e. The van der Waals surface area contributed by atoms with Crippen LogP contribution in [0, 0.1) is 11.8 Å². The molecule has 0 radical (unpaired) electrons. The van der Waals surface area contributed by atoms with Gasteiger partial charge in [0.05, 0.1) is 12.1 Å². The number of benzene rings is 1. The van der Waals surface area contributed by atoms with Crippen molar-refractivity contribution in [3.8, 4) is 0 Å². The molecule has 1 saturated carbocycles. The Kier molecular flexibility index (Phi) is 12.6. The smallest absolute Gasteiger partial charge is 0.408 e. The average molecular weight is 532 g/mol. The monoisotopic (exact) mass is 531 g/mol. The van der Waals surface area contributed by atoms with Crippen molar-refractivity contribution in [3.05, 3.63) is 35.9 Å². The summed E-state index contributed by atoms with van der Waals surface area (Å²) in [5.41, 5.74) is 0.155. The molecule has 1 aliphatic rings. The summed E-state index contributed by atoms with van der Waals surface area (Å²) in [6.07, 6.45) is 5.85.